The molecular formula is C22H23N3OS. The minimum absolute atomic E-state index is 0.00309. The van der Waals surface area contributed by atoms with Crippen LogP contribution in [-0.2, 0) is 13.0 Å². The largest absolute Gasteiger partial charge is 0.394 e. The van der Waals surface area contributed by atoms with Gasteiger partial charge in [0.15, 0.2) is 0 Å². The molecule has 2 aromatic heterocycles. The van der Waals surface area contributed by atoms with E-state index in [1.165, 1.54) is 16.7 Å². The van der Waals surface area contributed by atoms with Crippen LogP contribution >= 0.6 is 11.3 Å². The van der Waals surface area contributed by atoms with E-state index in [1.807, 2.05) is 27.3 Å². The Morgan fingerprint density at radius 2 is 1.74 bits per heavy atom. The number of aliphatic hydroxyl groups excluding tert-OH is 1. The van der Waals surface area contributed by atoms with Crippen LogP contribution < -0.4 is 5.62 Å². The number of fused-ring (bicyclic) bond motifs is 1. The zero-order valence-corrected chi connectivity index (χ0v) is 16.1. The van der Waals surface area contributed by atoms with Gasteiger partial charge in [0.25, 0.3) is 0 Å². The summed E-state index contributed by atoms with van der Waals surface area (Å²) in [7, 11) is 0. The first-order valence-corrected chi connectivity index (χ1v) is 10.0. The molecule has 27 heavy (non-hydrogen) atoms. The Morgan fingerprint density at radius 3 is 2.41 bits per heavy atom. The van der Waals surface area contributed by atoms with Crippen LogP contribution in [0.3, 0.4) is 0 Å². The van der Waals surface area contributed by atoms with Gasteiger partial charge < -0.3 is 14.2 Å². The third kappa shape index (κ3) is 3.48. The molecule has 0 aliphatic carbocycles. The summed E-state index contributed by atoms with van der Waals surface area (Å²) in [6.07, 6.45) is 0.694. The van der Waals surface area contributed by atoms with Crippen LogP contribution in [0.1, 0.15) is 22.7 Å². The zero-order valence-electron chi connectivity index (χ0n) is 15.3. The Balaban J connectivity index is 1.78. The quantitative estimate of drug-likeness (QED) is 0.522. The first-order valence-electron chi connectivity index (χ1n) is 9.09. The Morgan fingerprint density at radius 1 is 1.00 bits per heavy atom. The second kappa shape index (κ2) is 7.55. The Bertz CT molecular complexity index is 1090. The molecule has 0 aliphatic heterocycles. The van der Waals surface area contributed by atoms with Crippen LogP contribution in [0.15, 0.2) is 65.4 Å². The van der Waals surface area contributed by atoms with Crippen molar-refractivity contribution in [1.29, 1.82) is 5.41 Å². The molecule has 1 atom stereocenters. The number of nitrogens with zero attached hydrogens (tertiary/aromatic N) is 2. The number of imidazole rings is 1. The van der Waals surface area contributed by atoms with Gasteiger partial charge >= 0.3 is 0 Å². The topological polar surface area (TPSA) is 53.9 Å². The summed E-state index contributed by atoms with van der Waals surface area (Å²) in [5.41, 5.74) is 6.02. The lowest BCUT2D eigenvalue weighted by Crippen LogP contribution is -2.30. The first kappa shape index (κ1) is 17.8. The van der Waals surface area contributed by atoms with Crippen molar-refractivity contribution in [3.8, 4) is 0 Å². The van der Waals surface area contributed by atoms with Crippen molar-refractivity contribution in [2.75, 3.05) is 6.61 Å². The molecule has 0 saturated carbocycles. The molecule has 0 spiro atoms. The van der Waals surface area contributed by atoms with E-state index in [-0.39, 0.29) is 12.6 Å². The molecule has 1 unspecified atom stereocenters. The summed E-state index contributed by atoms with van der Waals surface area (Å²) >= 11 is 1.67. The van der Waals surface area contributed by atoms with Crippen LogP contribution in [0.25, 0.3) is 11.0 Å². The van der Waals surface area contributed by atoms with Crippen molar-refractivity contribution in [2.24, 2.45) is 0 Å². The van der Waals surface area contributed by atoms with Gasteiger partial charge in [-0.2, -0.15) is 11.3 Å². The van der Waals surface area contributed by atoms with Crippen molar-refractivity contribution in [1.82, 2.24) is 9.13 Å². The average Bonchev–Trinajstić information content (AvgIpc) is 3.29. The third-order valence-corrected chi connectivity index (χ3v) is 5.74. The van der Waals surface area contributed by atoms with Crippen molar-refractivity contribution >= 4 is 22.4 Å². The number of hydrogen-bond donors (Lipinski definition) is 2. The van der Waals surface area contributed by atoms with Crippen LogP contribution in [0.4, 0.5) is 0 Å². The van der Waals surface area contributed by atoms with Gasteiger partial charge in [0, 0.05) is 0 Å². The molecule has 0 radical (unpaired) electrons. The third-order valence-electron chi connectivity index (χ3n) is 5.00. The van der Waals surface area contributed by atoms with Crippen LogP contribution in [-0.4, -0.2) is 20.8 Å². The first-order chi connectivity index (χ1) is 13.2. The maximum atomic E-state index is 10.1. The molecule has 5 heteroatoms. The molecule has 0 saturated heterocycles. The van der Waals surface area contributed by atoms with Crippen molar-refractivity contribution < 1.29 is 5.11 Å². The highest BCUT2D eigenvalue weighted by molar-refractivity contribution is 7.07. The lowest BCUT2D eigenvalue weighted by atomic mass is 10.0. The molecule has 0 amide bonds. The van der Waals surface area contributed by atoms with Crippen LogP contribution in [0.2, 0.25) is 0 Å². The van der Waals surface area contributed by atoms with E-state index < -0.39 is 0 Å². The Hall–Kier alpha value is -2.63. The molecule has 138 valence electrons. The fraction of sp³-hybridized carbons (Fsp3) is 0.227. The standard InChI is InChI=1S/C22H23N3OS/c1-16-6-8-17(9-7-16)12-19(14-26)25-21-5-3-2-4-20(21)24(22(25)23)13-18-10-11-27-15-18/h2-11,15,19,23,26H,12-14H2,1H3. The van der Waals surface area contributed by atoms with E-state index in [1.54, 1.807) is 11.3 Å². The smallest absolute Gasteiger partial charge is 0.203 e. The lowest BCUT2D eigenvalue weighted by molar-refractivity contribution is 0.225. The molecular weight excluding hydrogens is 354 g/mol. The zero-order chi connectivity index (χ0) is 18.8. The number of aryl methyl sites for hydroxylation is 1. The predicted molar refractivity (Wildman–Crippen MR) is 110 cm³/mol. The summed E-state index contributed by atoms with van der Waals surface area (Å²) in [4.78, 5) is 0. The molecule has 0 aliphatic rings. The summed E-state index contributed by atoms with van der Waals surface area (Å²) < 4.78 is 4.00. The summed E-state index contributed by atoms with van der Waals surface area (Å²) in [5, 5.41) is 23.1. The SMILES string of the molecule is Cc1ccc(CC(CO)n2c(=N)n(Cc3ccsc3)c3ccccc32)cc1. The average molecular weight is 378 g/mol. The number of aliphatic hydroxyl groups is 1. The van der Waals surface area contributed by atoms with Gasteiger partial charge in [-0.1, -0.05) is 42.0 Å². The highest BCUT2D eigenvalue weighted by atomic mass is 32.1. The molecule has 4 aromatic rings. The molecule has 2 N–H and O–H groups in total. The molecule has 4 nitrogen and oxygen atoms in total. The number of aromatic nitrogens is 2. The highest BCUT2D eigenvalue weighted by Gasteiger charge is 2.19. The van der Waals surface area contributed by atoms with E-state index in [0.29, 0.717) is 18.6 Å². The summed E-state index contributed by atoms with van der Waals surface area (Å²) in [5.74, 6) is 0. The van der Waals surface area contributed by atoms with Gasteiger partial charge in [-0.05, 0) is 53.4 Å². The van der Waals surface area contributed by atoms with Gasteiger partial charge in [-0.25, -0.2) is 0 Å². The van der Waals surface area contributed by atoms with Crippen molar-refractivity contribution in [3.63, 3.8) is 0 Å². The Labute approximate surface area is 162 Å². The number of hydrogen-bond acceptors (Lipinski definition) is 3. The summed E-state index contributed by atoms with van der Waals surface area (Å²) in [6.45, 7) is 2.73. The molecule has 0 bridgehead atoms. The van der Waals surface area contributed by atoms with E-state index in [0.717, 1.165) is 11.0 Å². The monoisotopic (exact) mass is 377 g/mol. The number of benzene rings is 2. The fourth-order valence-electron chi connectivity index (χ4n) is 3.58. The minimum Gasteiger partial charge on any atom is -0.394 e. The lowest BCUT2D eigenvalue weighted by Gasteiger charge is -2.17. The van der Waals surface area contributed by atoms with Gasteiger partial charge in [0.05, 0.1) is 30.2 Å². The summed E-state index contributed by atoms with van der Waals surface area (Å²) in [6, 6.07) is 18.4. The molecule has 4 rings (SSSR count). The molecule has 0 fully saturated rings. The van der Waals surface area contributed by atoms with E-state index >= 15 is 0 Å². The second-order valence-electron chi connectivity index (χ2n) is 6.93. The second-order valence-corrected chi connectivity index (χ2v) is 7.71. The van der Waals surface area contributed by atoms with E-state index in [4.69, 9.17) is 5.41 Å². The van der Waals surface area contributed by atoms with Gasteiger partial charge in [-0.3, -0.25) is 5.41 Å². The minimum atomic E-state index is -0.172. The van der Waals surface area contributed by atoms with Gasteiger partial charge in [-0.15, -0.1) is 0 Å². The predicted octanol–water partition coefficient (Wildman–Crippen LogP) is 4.12. The molecule has 2 heterocycles. The van der Waals surface area contributed by atoms with Gasteiger partial charge in [0.1, 0.15) is 0 Å². The number of rotatable bonds is 6. The fourth-order valence-corrected chi connectivity index (χ4v) is 4.24. The van der Waals surface area contributed by atoms with Crippen LogP contribution in [0, 0.1) is 12.3 Å². The number of nitrogens with one attached hydrogen (secondary N) is 1. The van der Waals surface area contributed by atoms with E-state index in [9.17, 15) is 5.11 Å². The van der Waals surface area contributed by atoms with E-state index in [2.05, 4.69) is 54.1 Å². The molecule has 2 aromatic carbocycles. The van der Waals surface area contributed by atoms with Crippen molar-refractivity contribution in [2.45, 2.75) is 25.9 Å². The van der Waals surface area contributed by atoms with Gasteiger partial charge in [0.2, 0.25) is 5.62 Å². The van der Waals surface area contributed by atoms with Crippen molar-refractivity contribution in [3.05, 3.63) is 87.7 Å². The van der Waals surface area contributed by atoms with Crippen LogP contribution in [0.5, 0.6) is 0 Å². The number of thiophene rings is 1. The normalized spacial score (nSPS) is 12.5. The highest BCUT2D eigenvalue weighted by Crippen LogP contribution is 2.21. The number of para-hydroxylation sites is 2. The maximum absolute atomic E-state index is 10.1. The Kier molecular flexibility index (Phi) is 4.97. The maximum Gasteiger partial charge on any atom is 0.203 e.